The number of benzene rings is 1. The van der Waals surface area contributed by atoms with Gasteiger partial charge in [-0.05, 0) is 31.2 Å². The second-order valence-corrected chi connectivity index (χ2v) is 7.18. The van der Waals surface area contributed by atoms with Crippen molar-refractivity contribution < 1.29 is 17.9 Å². The third-order valence-electron chi connectivity index (χ3n) is 3.64. The standard InChI is InChI=1S/C16H23N3O4S/c1-23-10-9-19-24(21,22)15-4-2-3-14(11-15)16(20)18-12-13-5-7-17-8-6-13/h2-5,11,17,19H,6-10,12H2,1H3,(H,18,20). The topological polar surface area (TPSA) is 96.5 Å². The predicted octanol–water partition coefficient (Wildman–Crippen LogP) is 0.261. The summed E-state index contributed by atoms with van der Waals surface area (Å²) in [5, 5.41) is 6.04. The van der Waals surface area contributed by atoms with Gasteiger partial charge < -0.3 is 15.4 Å². The number of hydrogen-bond donors (Lipinski definition) is 3. The molecule has 0 aliphatic carbocycles. The average molecular weight is 353 g/mol. The summed E-state index contributed by atoms with van der Waals surface area (Å²) in [7, 11) is -2.16. The highest BCUT2D eigenvalue weighted by Crippen LogP contribution is 2.12. The van der Waals surface area contributed by atoms with Crippen molar-refractivity contribution in [2.75, 3.05) is 39.9 Å². The summed E-state index contributed by atoms with van der Waals surface area (Å²) >= 11 is 0. The second-order valence-electron chi connectivity index (χ2n) is 5.42. The lowest BCUT2D eigenvalue weighted by Crippen LogP contribution is -2.30. The summed E-state index contributed by atoms with van der Waals surface area (Å²) in [5.41, 5.74) is 1.49. The molecule has 1 amide bonds. The van der Waals surface area contributed by atoms with Gasteiger partial charge in [-0.3, -0.25) is 4.79 Å². The summed E-state index contributed by atoms with van der Waals surface area (Å²) in [6.45, 7) is 2.65. The molecule has 0 unspecified atom stereocenters. The lowest BCUT2D eigenvalue weighted by atomic mass is 10.1. The first-order valence-electron chi connectivity index (χ1n) is 7.78. The first kappa shape index (κ1) is 18.6. The normalized spacial score (nSPS) is 15.0. The number of amides is 1. The molecule has 2 rings (SSSR count). The summed E-state index contributed by atoms with van der Waals surface area (Å²) in [5.74, 6) is -0.289. The molecule has 0 spiro atoms. The number of ether oxygens (including phenoxy) is 1. The van der Waals surface area contributed by atoms with Gasteiger partial charge in [0.25, 0.3) is 5.91 Å². The van der Waals surface area contributed by atoms with Gasteiger partial charge in [-0.2, -0.15) is 0 Å². The molecule has 1 aliphatic rings. The molecule has 0 saturated carbocycles. The van der Waals surface area contributed by atoms with Gasteiger partial charge in [0, 0.05) is 32.3 Å². The minimum absolute atomic E-state index is 0.0623. The minimum Gasteiger partial charge on any atom is -0.383 e. The monoisotopic (exact) mass is 353 g/mol. The molecule has 1 aromatic carbocycles. The average Bonchev–Trinajstić information content (AvgIpc) is 2.61. The largest absolute Gasteiger partial charge is 0.383 e. The second kappa shape index (κ2) is 8.93. The zero-order valence-electron chi connectivity index (χ0n) is 13.7. The van der Waals surface area contributed by atoms with Crippen LogP contribution in [0.5, 0.6) is 0 Å². The minimum atomic E-state index is -3.65. The molecule has 1 aliphatic heterocycles. The van der Waals surface area contributed by atoms with E-state index in [9.17, 15) is 13.2 Å². The van der Waals surface area contributed by atoms with E-state index < -0.39 is 10.0 Å². The third-order valence-corrected chi connectivity index (χ3v) is 5.10. The van der Waals surface area contributed by atoms with Gasteiger partial charge in [0.1, 0.15) is 0 Å². The van der Waals surface area contributed by atoms with Crippen molar-refractivity contribution in [2.45, 2.75) is 11.3 Å². The van der Waals surface area contributed by atoms with Crippen molar-refractivity contribution in [3.05, 3.63) is 41.5 Å². The fourth-order valence-electron chi connectivity index (χ4n) is 2.29. The van der Waals surface area contributed by atoms with E-state index in [0.717, 1.165) is 19.5 Å². The molecular weight excluding hydrogens is 330 g/mol. The molecule has 3 N–H and O–H groups in total. The predicted molar refractivity (Wildman–Crippen MR) is 91.4 cm³/mol. The maximum Gasteiger partial charge on any atom is 0.251 e. The van der Waals surface area contributed by atoms with Crippen molar-refractivity contribution >= 4 is 15.9 Å². The lowest BCUT2D eigenvalue weighted by Gasteiger charge is -2.14. The molecule has 24 heavy (non-hydrogen) atoms. The van der Waals surface area contributed by atoms with Crippen LogP contribution < -0.4 is 15.4 Å². The molecule has 0 aromatic heterocycles. The highest BCUT2D eigenvalue weighted by molar-refractivity contribution is 7.89. The molecule has 0 saturated heterocycles. The Hall–Kier alpha value is -1.74. The van der Waals surface area contributed by atoms with Crippen molar-refractivity contribution in [3.8, 4) is 0 Å². The molecule has 0 fully saturated rings. The van der Waals surface area contributed by atoms with Gasteiger partial charge in [-0.1, -0.05) is 17.7 Å². The van der Waals surface area contributed by atoms with Gasteiger partial charge in [0.05, 0.1) is 11.5 Å². The molecule has 0 atom stereocenters. The SMILES string of the molecule is COCCNS(=O)(=O)c1cccc(C(=O)NCC2=CCNCC2)c1. The fourth-order valence-corrected chi connectivity index (χ4v) is 3.35. The van der Waals surface area contributed by atoms with E-state index in [2.05, 4.69) is 21.4 Å². The number of carbonyl (C=O) groups excluding carboxylic acids is 1. The van der Waals surface area contributed by atoms with Gasteiger partial charge in [-0.15, -0.1) is 0 Å². The number of sulfonamides is 1. The summed E-state index contributed by atoms with van der Waals surface area (Å²) in [6.07, 6.45) is 2.96. The van der Waals surface area contributed by atoms with E-state index in [1.165, 1.54) is 24.8 Å². The Bertz CT molecular complexity index is 701. The van der Waals surface area contributed by atoms with Crippen LogP contribution in [0.4, 0.5) is 0 Å². The van der Waals surface area contributed by atoms with Crippen molar-refractivity contribution in [1.82, 2.24) is 15.4 Å². The fraction of sp³-hybridized carbons (Fsp3) is 0.438. The van der Waals surface area contributed by atoms with E-state index in [0.29, 0.717) is 12.1 Å². The van der Waals surface area contributed by atoms with Crippen LogP contribution in [0.2, 0.25) is 0 Å². The quantitative estimate of drug-likeness (QED) is 0.460. The van der Waals surface area contributed by atoms with Crippen molar-refractivity contribution in [1.29, 1.82) is 0 Å². The first-order valence-corrected chi connectivity index (χ1v) is 9.27. The maximum atomic E-state index is 12.2. The Morgan fingerprint density at radius 1 is 1.38 bits per heavy atom. The molecule has 1 heterocycles. The summed E-state index contributed by atoms with van der Waals surface area (Å²) in [4.78, 5) is 12.3. The Balaban J connectivity index is 2.00. The number of rotatable bonds is 8. The number of carbonyl (C=O) groups is 1. The summed E-state index contributed by atoms with van der Waals surface area (Å²) < 4.78 is 31.6. The van der Waals surface area contributed by atoms with Crippen LogP contribution in [0.25, 0.3) is 0 Å². The van der Waals surface area contributed by atoms with Crippen LogP contribution in [0, 0.1) is 0 Å². The molecule has 132 valence electrons. The van der Waals surface area contributed by atoms with E-state index in [-0.39, 0.29) is 24.0 Å². The Kier molecular flexibility index (Phi) is 6.92. The number of hydrogen-bond acceptors (Lipinski definition) is 5. The highest BCUT2D eigenvalue weighted by atomic mass is 32.2. The molecule has 0 bridgehead atoms. The Morgan fingerprint density at radius 2 is 2.21 bits per heavy atom. The van der Waals surface area contributed by atoms with Gasteiger partial charge in [0.2, 0.25) is 10.0 Å². The van der Waals surface area contributed by atoms with Crippen molar-refractivity contribution in [2.24, 2.45) is 0 Å². The molecule has 1 aromatic rings. The third kappa shape index (κ3) is 5.41. The molecular formula is C16H23N3O4S. The zero-order valence-corrected chi connectivity index (χ0v) is 14.5. The lowest BCUT2D eigenvalue weighted by molar-refractivity contribution is 0.0956. The van der Waals surface area contributed by atoms with Gasteiger partial charge in [-0.25, -0.2) is 13.1 Å². The maximum absolute atomic E-state index is 12.2. The highest BCUT2D eigenvalue weighted by Gasteiger charge is 2.16. The van der Waals surface area contributed by atoms with E-state index in [1.807, 2.05) is 0 Å². The van der Waals surface area contributed by atoms with Crippen LogP contribution in [-0.4, -0.2) is 54.2 Å². The number of methoxy groups -OCH3 is 1. The van der Waals surface area contributed by atoms with Gasteiger partial charge in [0.15, 0.2) is 0 Å². The zero-order chi connectivity index (χ0) is 17.4. The molecule has 8 heteroatoms. The van der Waals surface area contributed by atoms with Crippen LogP contribution >= 0.6 is 0 Å². The number of nitrogens with one attached hydrogen (secondary N) is 3. The van der Waals surface area contributed by atoms with Gasteiger partial charge >= 0.3 is 0 Å². The molecule has 0 radical (unpaired) electrons. The van der Waals surface area contributed by atoms with Crippen molar-refractivity contribution in [3.63, 3.8) is 0 Å². The molecule has 7 nitrogen and oxygen atoms in total. The van der Waals surface area contributed by atoms with Crippen LogP contribution in [0.3, 0.4) is 0 Å². The van der Waals surface area contributed by atoms with Crippen LogP contribution in [0.15, 0.2) is 40.8 Å². The van der Waals surface area contributed by atoms with E-state index >= 15 is 0 Å². The Morgan fingerprint density at radius 3 is 2.92 bits per heavy atom. The van der Waals surface area contributed by atoms with Crippen LogP contribution in [0.1, 0.15) is 16.8 Å². The summed E-state index contributed by atoms with van der Waals surface area (Å²) in [6, 6.07) is 5.99. The first-order chi connectivity index (χ1) is 11.5. The van der Waals surface area contributed by atoms with E-state index in [4.69, 9.17) is 4.74 Å². The Labute approximate surface area is 142 Å². The van der Waals surface area contributed by atoms with Crippen LogP contribution in [-0.2, 0) is 14.8 Å². The smallest absolute Gasteiger partial charge is 0.251 e. The van der Waals surface area contributed by atoms with E-state index in [1.54, 1.807) is 12.1 Å².